The Balaban J connectivity index is 1.15. The summed E-state index contributed by atoms with van der Waals surface area (Å²) in [6, 6.07) is 22.4. The number of amides is 1. The van der Waals surface area contributed by atoms with Gasteiger partial charge in [-0.2, -0.15) is 0 Å². The molecule has 1 saturated carbocycles. The third-order valence-electron chi connectivity index (χ3n) is 7.87. The fourth-order valence-corrected chi connectivity index (χ4v) is 5.97. The molecule has 5 nitrogen and oxygen atoms in total. The summed E-state index contributed by atoms with van der Waals surface area (Å²) in [5, 5.41) is 3.96. The molecule has 1 aliphatic heterocycles. The monoisotopic (exact) mass is 445 g/mol. The van der Waals surface area contributed by atoms with Gasteiger partial charge in [0.25, 0.3) is 0 Å². The van der Waals surface area contributed by atoms with Gasteiger partial charge in [0.05, 0.1) is 10.9 Å². The second-order valence-electron chi connectivity index (χ2n) is 9.94. The van der Waals surface area contributed by atoms with Gasteiger partial charge >= 0.3 is 0 Å². The largest absolute Gasteiger partial charge is 0.310 e. The molecule has 0 radical (unpaired) electrons. The molecule has 166 valence electrons. The highest BCUT2D eigenvalue weighted by atomic mass is 16.2. The third kappa shape index (κ3) is 2.93. The number of aromatic nitrogens is 2. The molecule has 3 atom stereocenters. The molecule has 7 rings (SSSR count). The summed E-state index contributed by atoms with van der Waals surface area (Å²) in [6.07, 6.45) is 4.60. The lowest BCUT2D eigenvalue weighted by molar-refractivity contribution is -0.120. The molecular formula is C29H23N3O2. The molecule has 1 fully saturated rings. The average molecular weight is 446 g/mol. The van der Waals surface area contributed by atoms with Crippen LogP contribution in [0.4, 0.5) is 5.82 Å². The molecule has 4 aromatic rings. The summed E-state index contributed by atoms with van der Waals surface area (Å²) in [5.41, 5.74) is 5.35. The van der Waals surface area contributed by atoms with E-state index in [-0.39, 0.29) is 11.7 Å². The van der Waals surface area contributed by atoms with E-state index in [4.69, 9.17) is 4.98 Å². The van der Waals surface area contributed by atoms with E-state index in [2.05, 4.69) is 46.7 Å². The normalized spacial score (nSPS) is 24.2. The number of pyridine rings is 2. The van der Waals surface area contributed by atoms with Crippen LogP contribution in [0.1, 0.15) is 51.5 Å². The molecule has 1 N–H and O–H groups in total. The van der Waals surface area contributed by atoms with Crippen molar-refractivity contribution in [3.05, 3.63) is 101 Å². The van der Waals surface area contributed by atoms with Crippen LogP contribution in [-0.4, -0.2) is 21.7 Å². The first-order chi connectivity index (χ1) is 16.6. The van der Waals surface area contributed by atoms with Crippen LogP contribution in [0, 0.1) is 5.92 Å². The van der Waals surface area contributed by atoms with Crippen molar-refractivity contribution in [1.29, 1.82) is 0 Å². The van der Waals surface area contributed by atoms with E-state index in [9.17, 15) is 9.59 Å². The summed E-state index contributed by atoms with van der Waals surface area (Å²) in [6.45, 7) is 0. The molecule has 1 amide bonds. The van der Waals surface area contributed by atoms with Gasteiger partial charge in [-0.25, -0.2) is 9.97 Å². The molecule has 0 saturated heterocycles. The average Bonchev–Trinajstić information content (AvgIpc) is 3.44. The number of nitrogens with zero attached hydrogens (tertiary/aromatic N) is 2. The molecule has 2 aliphatic carbocycles. The maximum atomic E-state index is 13.0. The molecular weight excluding hydrogens is 422 g/mol. The lowest BCUT2D eigenvalue weighted by Crippen LogP contribution is -2.35. The van der Waals surface area contributed by atoms with E-state index in [1.54, 1.807) is 6.20 Å². The summed E-state index contributed by atoms with van der Waals surface area (Å²) in [7, 11) is 0. The van der Waals surface area contributed by atoms with Crippen LogP contribution in [0.3, 0.4) is 0 Å². The number of carbonyl (C=O) groups excluding carboxylic acids is 2. The number of hydrogen-bond donors (Lipinski definition) is 1. The Kier molecular flexibility index (Phi) is 4.07. The van der Waals surface area contributed by atoms with E-state index < -0.39 is 5.41 Å². The first-order valence-electron chi connectivity index (χ1n) is 11.9. The number of carbonyl (C=O) groups is 2. The highest BCUT2D eigenvalue weighted by Crippen LogP contribution is 2.50. The van der Waals surface area contributed by atoms with Crippen LogP contribution in [0.5, 0.6) is 0 Å². The van der Waals surface area contributed by atoms with Gasteiger partial charge in [-0.3, -0.25) is 9.59 Å². The smallest absolute Gasteiger partial charge is 0.237 e. The summed E-state index contributed by atoms with van der Waals surface area (Å²) in [4.78, 5) is 35.1. The van der Waals surface area contributed by atoms with Crippen LogP contribution >= 0.6 is 0 Å². The summed E-state index contributed by atoms with van der Waals surface area (Å²) in [5.74, 6) is 1.69. The molecule has 34 heavy (non-hydrogen) atoms. The zero-order valence-electron chi connectivity index (χ0n) is 18.6. The number of anilines is 1. The van der Waals surface area contributed by atoms with Gasteiger partial charge in [0, 0.05) is 23.6 Å². The number of fused-ring (bicyclic) bond motifs is 4. The van der Waals surface area contributed by atoms with Crippen molar-refractivity contribution in [2.75, 3.05) is 5.32 Å². The fourth-order valence-electron chi connectivity index (χ4n) is 5.97. The summed E-state index contributed by atoms with van der Waals surface area (Å²) >= 11 is 0. The van der Waals surface area contributed by atoms with Gasteiger partial charge in [0.1, 0.15) is 11.5 Å². The first kappa shape index (κ1) is 19.6. The van der Waals surface area contributed by atoms with E-state index in [1.165, 1.54) is 11.1 Å². The van der Waals surface area contributed by atoms with Crippen LogP contribution in [-0.2, 0) is 23.1 Å². The SMILES string of the molecule is O=C(CC1CC1c1ccccc1)c1ccc2cc3c(cc2n1)CC1(C3)C(=O)Nc2ncccc21. The van der Waals surface area contributed by atoms with Gasteiger partial charge in [-0.1, -0.05) is 42.5 Å². The maximum Gasteiger partial charge on any atom is 0.237 e. The van der Waals surface area contributed by atoms with Crippen molar-refractivity contribution in [3.8, 4) is 0 Å². The van der Waals surface area contributed by atoms with Gasteiger partial charge < -0.3 is 5.32 Å². The highest BCUT2D eigenvalue weighted by Gasteiger charge is 2.51. The van der Waals surface area contributed by atoms with E-state index in [0.717, 1.165) is 28.5 Å². The zero-order chi connectivity index (χ0) is 22.9. The van der Waals surface area contributed by atoms with Crippen LogP contribution in [0.25, 0.3) is 10.9 Å². The van der Waals surface area contributed by atoms with Crippen molar-refractivity contribution in [2.45, 2.75) is 37.0 Å². The van der Waals surface area contributed by atoms with Crippen LogP contribution < -0.4 is 5.32 Å². The van der Waals surface area contributed by atoms with Gasteiger partial charge in [0.2, 0.25) is 5.91 Å². The number of Topliss-reactive ketones (excluding diaryl/α,β-unsaturated/α-hetero) is 1. The second kappa shape index (κ2) is 7.07. The first-order valence-corrected chi connectivity index (χ1v) is 11.9. The lowest BCUT2D eigenvalue weighted by atomic mass is 9.79. The minimum Gasteiger partial charge on any atom is -0.310 e. The molecule has 3 heterocycles. The standard InChI is InChI=1S/C29H23N3O2/c33-26(14-19-12-22(19)17-5-2-1-3-6-17)24-9-8-18-11-20-15-29(16-21(20)13-25(18)31-24)23-7-4-10-30-27(23)32-28(29)34/h1-11,13,19,22H,12,14-16H2,(H,30,32,34). The zero-order valence-corrected chi connectivity index (χ0v) is 18.6. The van der Waals surface area contributed by atoms with Gasteiger partial charge in [0.15, 0.2) is 5.78 Å². The van der Waals surface area contributed by atoms with Crippen molar-refractivity contribution >= 4 is 28.4 Å². The van der Waals surface area contributed by atoms with E-state index in [0.29, 0.717) is 42.6 Å². The number of hydrogen-bond acceptors (Lipinski definition) is 4. The van der Waals surface area contributed by atoms with E-state index in [1.807, 2.05) is 30.3 Å². The van der Waals surface area contributed by atoms with Crippen LogP contribution in [0.2, 0.25) is 0 Å². The minimum absolute atomic E-state index is 0.0164. The Morgan fingerprint density at radius 1 is 1.00 bits per heavy atom. The number of nitrogens with one attached hydrogen (secondary N) is 1. The Hall–Kier alpha value is -3.86. The number of benzene rings is 2. The quantitative estimate of drug-likeness (QED) is 0.449. The molecule has 5 heteroatoms. The van der Waals surface area contributed by atoms with Gasteiger partial charge in [-0.05, 0) is 72.1 Å². The Labute approximate surface area is 197 Å². The van der Waals surface area contributed by atoms with E-state index >= 15 is 0 Å². The predicted octanol–water partition coefficient (Wildman–Crippen LogP) is 5.00. The van der Waals surface area contributed by atoms with Crippen molar-refractivity contribution in [3.63, 3.8) is 0 Å². The molecule has 1 spiro atoms. The number of rotatable bonds is 4. The molecule has 0 bridgehead atoms. The van der Waals surface area contributed by atoms with Crippen molar-refractivity contribution in [1.82, 2.24) is 9.97 Å². The third-order valence-corrected chi connectivity index (χ3v) is 7.87. The molecule has 2 aromatic heterocycles. The highest BCUT2D eigenvalue weighted by molar-refractivity contribution is 6.06. The Bertz CT molecular complexity index is 1500. The molecule has 2 aromatic carbocycles. The maximum absolute atomic E-state index is 13.0. The predicted molar refractivity (Wildman–Crippen MR) is 130 cm³/mol. The summed E-state index contributed by atoms with van der Waals surface area (Å²) < 4.78 is 0. The topological polar surface area (TPSA) is 72.0 Å². The van der Waals surface area contributed by atoms with Crippen molar-refractivity contribution < 1.29 is 9.59 Å². The van der Waals surface area contributed by atoms with Gasteiger partial charge in [-0.15, -0.1) is 0 Å². The number of ketones is 1. The van der Waals surface area contributed by atoms with Crippen LogP contribution in [0.15, 0.2) is 72.9 Å². The second-order valence-corrected chi connectivity index (χ2v) is 9.94. The Morgan fingerprint density at radius 2 is 1.82 bits per heavy atom. The minimum atomic E-state index is -0.597. The Morgan fingerprint density at radius 3 is 2.68 bits per heavy atom. The fraction of sp³-hybridized carbons (Fsp3) is 0.241. The molecule has 3 unspecified atom stereocenters. The van der Waals surface area contributed by atoms with Crippen molar-refractivity contribution in [2.24, 2.45) is 5.92 Å². The molecule has 3 aliphatic rings. The lowest BCUT2D eigenvalue weighted by Gasteiger charge is -2.20.